The molecule has 0 saturated heterocycles. The molecule has 0 spiro atoms. The van der Waals surface area contributed by atoms with Gasteiger partial charge in [0, 0.05) is 0 Å². The molecule has 0 radical (unpaired) electrons. The standard InChI is InChI=1S/C12H16.C2H2/c1-4-7-10(2)12-9-6-5-8-11(12)3;1-2/h5-9H,4H2,1-3H3;1-2H/b10-7+;. The van der Waals surface area contributed by atoms with E-state index in [1.807, 2.05) is 0 Å². The second-order valence-corrected chi connectivity index (χ2v) is 3.11. The van der Waals surface area contributed by atoms with Crippen molar-refractivity contribution in [1.29, 1.82) is 0 Å². The first kappa shape index (κ1) is 12.5. The maximum Gasteiger partial charge on any atom is -0.0201 e. The molecule has 74 valence electrons. The van der Waals surface area contributed by atoms with Crippen LogP contribution in [0.2, 0.25) is 0 Å². The second kappa shape index (κ2) is 6.97. The summed E-state index contributed by atoms with van der Waals surface area (Å²) in [6.45, 7) is 6.50. The van der Waals surface area contributed by atoms with E-state index in [0.717, 1.165) is 6.42 Å². The molecule has 0 amide bonds. The minimum absolute atomic E-state index is 1.11. The molecule has 0 aliphatic heterocycles. The Morgan fingerprint density at radius 2 is 1.86 bits per heavy atom. The van der Waals surface area contributed by atoms with E-state index in [-0.39, 0.29) is 0 Å². The highest BCUT2D eigenvalue weighted by molar-refractivity contribution is 5.66. The molecule has 0 N–H and O–H groups in total. The highest BCUT2D eigenvalue weighted by atomic mass is 14.0. The fraction of sp³-hybridized carbons (Fsp3) is 0.286. The van der Waals surface area contributed by atoms with E-state index in [1.165, 1.54) is 16.7 Å². The molecule has 1 rings (SSSR count). The van der Waals surface area contributed by atoms with E-state index in [9.17, 15) is 0 Å². The molecule has 0 fully saturated rings. The lowest BCUT2D eigenvalue weighted by molar-refractivity contribution is 1.22. The number of benzene rings is 1. The van der Waals surface area contributed by atoms with E-state index in [1.54, 1.807) is 0 Å². The van der Waals surface area contributed by atoms with Gasteiger partial charge >= 0.3 is 0 Å². The Hall–Kier alpha value is -1.48. The van der Waals surface area contributed by atoms with Crippen LogP contribution in [0.5, 0.6) is 0 Å². The van der Waals surface area contributed by atoms with Crippen LogP contribution in [0.1, 0.15) is 31.4 Å². The van der Waals surface area contributed by atoms with Gasteiger partial charge in [-0.3, -0.25) is 0 Å². The summed E-state index contributed by atoms with van der Waals surface area (Å²) in [6.07, 6.45) is 11.4. The van der Waals surface area contributed by atoms with Crippen LogP contribution < -0.4 is 0 Å². The molecule has 1 aromatic carbocycles. The van der Waals surface area contributed by atoms with Crippen LogP contribution in [0.25, 0.3) is 5.57 Å². The second-order valence-electron chi connectivity index (χ2n) is 3.11. The summed E-state index contributed by atoms with van der Waals surface area (Å²) in [5, 5.41) is 0. The monoisotopic (exact) mass is 186 g/mol. The van der Waals surface area contributed by atoms with Crippen molar-refractivity contribution < 1.29 is 0 Å². The molecular formula is C14H18. The smallest absolute Gasteiger partial charge is 0.0201 e. The lowest BCUT2D eigenvalue weighted by Gasteiger charge is -2.04. The first-order chi connectivity index (χ1) is 6.75. The number of aryl methyl sites for hydroxylation is 1. The van der Waals surface area contributed by atoms with Crippen LogP contribution in [0.4, 0.5) is 0 Å². The van der Waals surface area contributed by atoms with Crippen LogP contribution in [0, 0.1) is 19.8 Å². The van der Waals surface area contributed by atoms with Gasteiger partial charge in [-0.1, -0.05) is 37.3 Å². The SMILES string of the molecule is C#C.CC/C=C(\C)c1ccccc1C. The van der Waals surface area contributed by atoms with Crippen LogP contribution in [-0.2, 0) is 0 Å². The van der Waals surface area contributed by atoms with E-state index >= 15 is 0 Å². The van der Waals surface area contributed by atoms with Crippen molar-refractivity contribution in [2.45, 2.75) is 27.2 Å². The van der Waals surface area contributed by atoms with E-state index in [0.29, 0.717) is 0 Å². The molecule has 0 unspecified atom stereocenters. The van der Waals surface area contributed by atoms with Gasteiger partial charge in [0.15, 0.2) is 0 Å². The molecular weight excluding hydrogens is 168 g/mol. The summed E-state index contributed by atoms with van der Waals surface area (Å²) in [4.78, 5) is 0. The molecule has 0 heteroatoms. The van der Waals surface area contributed by atoms with E-state index in [4.69, 9.17) is 0 Å². The molecule has 0 saturated carbocycles. The van der Waals surface area contributed by atoms with E-state index in [2.05, 4.69) is 64.0 Å². The number of rotatable bonds is 2. The first-order valence-corrected chi connectivity index (χ1v) is 4.81. The van der Waals surface area contributed by atoms with Crippen molar-refractivity contribution in [3.05, 3.63) is 41.5 Å². The Bertz CT molecular complexity index is 316. The Labute approximate surface area is 87.7 Å². The van der Waals surface area contributed by atoms with Gasteiger partial charge in [-0.25, -0.2) is 0 Å². The Morgan fingerprint density at radius 1 is 1.29 bits per heavy atom. The molecule has 0 aliphatic rings. The normalized spacial score (nSPS) is 10.2. The lowest BCUT2D eigenvalue weighted by atomic mass is 10.0. The summed E-state index contributed by atoms with van der Waals surface area (Å²) in [7, 11) is 0. The number of hydrogen-bond donors (Lipinski definition) is 0. The summed E-state index contributed by atoms with van der Waals surface area (Å²) in [5.41, 5.74) is 4.12. The zero-order chi connectivity index (χ0) is 11.0. The maximum absolute atomic E-state index is 4.00. The molecule has 1 aromatic rings. The Kier molecular flexibility index (Phi) is 6.24. The van der Waals surface area contributed by atoms with Crippen LogP contribution in [0.3, 0.4) is 0 Å². The fourth-order valence-corrected chi connectivity index (χ4v) is 1.43. The van der Waals surface area contributed by atoms with Gasteiger partial charge in [0.2, 0.25) is 0 Å². The minimum atomic E-state index is 1.11. The summed E-state index contributed by atoms with van der Waals surface area (Å²) in [6, 6.07) is 8.51. The molecule has 0 aliphatic carbocycles. The zero-order valence-corrected chi connectivity index (χ0v) is 9.25. The predicted octanol–water partition coefficient (Wildman–Crippen LogP) is 4.06. The summed E-state index contributed by atoms with van der Waals surface area (Å²) >= 11 is 0. The minimum Gasteiger partial charge on any atom is -0.124 e. The third-order valence-electron chi connectivity index (χ3n) is 2.08. The van der Waals surface area contributed by atoms with Crippen LogP contribution >= 0.6 is 0 Å². The topological polar surface area (TPSA) is 0 Å². The van der Waals surface area contributed by atoms with Crippen molar-refractivity contribution in [1.82, 2.24) is 0 Å². The number of hydrogen-bond acceptors (Lipinski definition) is 0. The fourth-order valence-electron chi connectivity index (χ4n) is 1.43. The number of terminal acetylenes is 1. The summed E-state index contributed by atoms with van der Waals surface area (Å²) in [5.74, 6) is 0. The lowest BCUT2D eigenvalue weighted by Crippen LogP contribution is -1.83. The van der Waals surface area contributed by atoms with Crippen LogP contribution in [0.15, 0.2) is 30.3 Å². The van der Waals surface area contributed by atoms with Crippen molar-refractivity contribution >= 4 is 5.57 Å². The van der Waals surface area contributed by atoms with Crippen molar-refractivity contribution in [2.75, 3.05) is 0 Å². The predicted molar refractivity (Wildman–Crippen MR) is 65.0 cm³/mol. The van der Waals surface area contributed by atoms with Gasteiger partial charge in [-0.05, 0) is 37.0 Å². The molecule has 0 heterocycles. The molecule has 14 heavy (non-hydrogen) atoms. The Balaban J connectivity index is 0.000000791. The van der Waals surface area contributed by atoms with Crippen LogP contribution in [-0.4, -0.2) is 0 Å². The average Bonchev–Trinajstić information content (AvgIpc) is 2.22. The van der Waals surface area contributed by atoms with E-state index < -0.39 is 0 Å². The van der Waals surface area contributed by atoms with Gasteiger partial charge in [0.1, 0.15) is 0 Å². The molecule has 0 nitrogen and oxygen atoms in total. The van der Waals surface area contributed by atoms with Gasteiger partial charge in [-0.15, -0.1) is 12.8 Å². The van der Waals surface area contributed by atoms with Gasteiger partial charge in [0.05, 0.1) is 0 Å². The van der Waals surface area contributed by atoms with Gasteiger partial charge in [0.25, 0.3) is 0 Å². The van der Waals surface area contributed by atoms with Crippen molar-refractivity contribution in [3.63, 3.8) is 0 Å². The van der Waals surface area contributed by atoms with Crippen molar-refractivity contribution in [3.8, 4) is 12.8 Å². The summed E-state index contributed by atoms with van der Waals surface area (Å²) < 4.78 is 0. The Morgan fingerprint density at radius 3 is 2.36 bits per heavy atom. The molecule has 0 bridgehead atoms. The average molecular weight is 186 g/mol. The molecule has 0 aromatic heterocycles. The van der Waals surface area contributed by atoms with Gasteiger partial charge < -0.3 is 0 Å². The first-order valence-electron chi connectivity index (χ1n) is 4.81. The third kappa shape index (κ3) is 3.49. The van der Waals surface area contributed by atoms with Gasteiger partial charge in [-0.2, -0.15) is 0 Å². The molecule has 0 atom stereocenters. The quantitative estimate of drug-likeness (QED) is 0.611. The number of allylic oxidation sites excluding steroid dienone is 2. The largest absolute Gasteiger partial charge is 0.124 e. The van der Waals surface area contributed by atoms with Crippen molar-refractivity contribution in [2.24, 2.45) is 0 Å². The maximum atomic E-state index is 4.00. The highest BCUT2D eigenvalue weighted by Crippen LogP contribution is 2.17. The zero-order valence-electron chi connectivity index (χ0n) is 9.25. The highest BCUT2D eigenvalue weighted by Gasteiger charge is 1.96. The third-order valence-corrected chi connectivity index (χ3v) is 2.08.